The molecule has 0 fully saturated rings. The third-order valence-corrected chi connectivity index (χ3v) is 3.98. The highest BCUT2D eigenvalue weighted by Gasteiger charge is 2.17. The molecule has 1 aliphatic heterocycles. The fourth-order valence-corrected chi connectivity index (χ4v) is 2.73. The lowest BCUT2D eigenvalue weighted by Crippen LogP contribution is -2.10. The summed E-state index contributed by atoms with van der Waals surface area (Å²) in [5.74, 6) is -0.126. The van der Waals surface area contributed by atoms with E-state index in [1.54, 1.807) is 12.1 Å². The molecule has 0 unspecified atom stereocenters. The molecule has 0 saturated heterocycles. The summed E-state index contributed by atoms with van der Waals surface area (Å²) >= 11 is 6.10. The Hall–Kier alpha value is -3.46. The minimum Gasteiger partial charge on any atom is -0.454 e. The largest absolute Gasteiger partial charge is 0.454 e. The van der Waals surface area contributed by atoms with Gasteiger partial charge < -0.3 is 14.8 Å². The van der Waals surface area contributed by atoms with Gasteiger partial charge in [0, 0.05) is 6.08 Å². The minimum atomic E-state index is -0.584. The van der Waals surface area contributed by atoms with Crippen LogP contribution in [0.3, 0.4) is 0 Å². The molecule has 0 spiro atoms. The summed E-state index contributed by atoms with van der Waals surface area (Å²) < 4.78 is 25.8. The fraction of sp³-hybridized carbons (Fsp3) is 0.0588. The van der Waals surface area contributed by atoms with Crippen molar-refractivity contribution in [3.8, 4) is 17.2 Å². The first-order valence-corrected chi connectivity index (χ1v) is 8.09. The lowest BCUT2D eigenvalue weighted by atomic mass is 10.2. The summed E-state index contributed by atoms with van der Waals surface area (Å²) in [5, 5.41) is 13.6. The van der Waals surface area contributed by atoms with Gasteiger partial charge in [0.05, 0.1) is 16.4 Å². The molecule has 0 saturated carbocycles. The van der Waals surface area contributed by atoms with Crippen LogP contribution in [-0.4, -0.2) is 32.9 Å². The van der Waals surface area contributed by atoms with Gasteiger partial charge in [-0.1, -0.05) is 11.6 Å². The van der Waals surface area contributed by atoms with E-state index in [-0.39, 0.29) is 12.5 Å². The van der Waals surface area contributed by atoms with Crippen LogP contribution in [0.15, 0.2) is 42.7 Å². The summed E-state index contributed by atoms with van der Waals surface area (Å²) in [4.78, 5) is 12.2. The van der Waals surface area contributed by atoms with Crippen molar-refractivity contribution in [1.82, 2.24) is 20.2 Å². The summed E-state index contributed by atoms with van der Waals surface area (Å²) in [6.45, 7) is 0.0968. The second-order valence-corrected chi connectivity index (χ2v) is 5.88. The summed E-state index contributed by atoms with van der Waals surface area (Å²) in [5.41, 5.74) is 1.15. The number of anilines is 1. The number of halogens is 2. The maximum absolute atomic E-state index is 14.0. The predicted molar refractivity (Wildman–Crippen MR) is 94.4 cm³/mol. The van der Waals surface area contributed by atoms with Crippen LogP contribution in [0.5, 0.6) is 11.5 Å². The molecule has 10 heteroatoms. The van der Waals surface area contributed by atoms with Gasteiger partial charge in [0.15, 0.2) is 11.5 Å². The van der Waals surface area contributed by atoms with Gasteiger partial charge in [-0.15, -0.1) is 5.10 Å². The zero-order chi connectivity index (χ0) is 18.8. The number of aromatic nitrogens is 4. The molecule has 1 amide bonds. The maximum atomic E-state index is 14.0. The summed E-state index contributed by atoms with van der Waals surface area (Å²) in [6, 6.07) is 7.46. The Morgan fingerprint density at radius 1 is 1.30 bits per heavy atom. The monoisotopic (exact) mass is 387 g/mol. The number of carbonyl (C=O) groups excluding carboxylic acids is 1. The standard InChI is InChI=1S/C17H11ClFN5O3/c18-12-5-10(6-15-17(12)27-9-26-15)1-4-16(25)21-14-7-11(2-3-13(14)19)24-8-20-22-23-24/h1-8H,9H2,(H,21,25). The van der Waals surface area contributed by atoms with E-state index in [1.165, 1.54) is 41.4 Å². The quantitative estimate of drug-likeness (QED) is 0.692. The Morgan fingerprint density at radius 3 is 3.00 bits per heavy atom. The first kappa shape index (κ1) is 17.0. The van der Waals surface area contributed by atoms with Crippen molar-refractivity contribution in [1.29, 1.82) is 0 Å². The second kappa shape index (κ2) is 7.04. The second-order valence-electron chi connectivity index (χ2n) is 5.48. The van der Waals surface area contributed by atoms with Crippen molar-refractivity contribution in [2.24, 2.45) is 0 Å². The molecule has 2 aromatic carbocycles. The van der Waals surface area contributed by atoms with Crippen molar-refractivity contribution < 1.29 is 18.7 Å². The van der Waals surface area contributed by atoms with E-state index in [0.717, 1.165) is 0 Å². The van der Waals surface area contributed by atoms with Crippen LogP contribution in [0.25, 0.3) is 11.8 Å². The summed E-state index contributed by atoms with van der Waals surface area (Å²) in [6.07, 6.45) is 4.16. The number of fused-ring (bicyclic) bond motifs is 1. The number of benzene rings is 2. The molecule has 0 atom stereocenters. The third-order valence-electron chi connectivity index (χ3n) is 3.70. The number of hydrogen-bond donors (Lipinski definition) is 1. The first-order chi connectivity index (χ1) is 13.1. The highest BCUT2D eigenvalue weighted by atomic mass is 35.5. The summed E-state index contributed by atoms with van der Waals surface area (Å²) in [7, 11) is 0. The predicted octanol–water partition coefficient (Wildman–Crippen LogP) is 2.84. The van der Waals surface area contributed by atoms with Crippen LogP contribution >= 0.6 is 11.6 Å². The van der Waals surface area contributed by atoms with Gasteiger partial charge in [-0.2, -0.15) is 0 Å². The number of carbonyl (C=O) groups is 1. The molecule has 8 nitrogen and oxygen atoms in total. The van der Waals surface area contributed by atoms with E-state index in [4.69, 9.17) is 21.1 Å². The van der Waals surface area contributed by atoms with Crippen molar-refractivity contribution in [3.63, 3.8) is 0 Å². The lowest BCUT2D eigenvalue weighted by molar-refractivity contribution is -0.111. The molecule has 4 rings (SSSR count). The maximum Gasteiger partial charge on any atom is 0.248 e. The highest BCUT2D eigenvalue weighted by molar-refractivity contribution is 6.32. The average Bonchev–Trinajstić information content (AvgIpc) is 3.33. The van der Waals surface area contributed by atoms with E-state index in [2.05, 4.69) is 20.8 Å². The van der Waals surface area contributed by atoms with Crippen LogP contribution in [0.4, 0.5) is 10.1 Å². The van der Waals surface area contributed by atoms with Crippen LogP contribution in [0, 0.1) is 5.82 Å². The molecule has 1 aromatic heterocycles. The normalized spacial score (nSPS) is 12.5. The first-order valence-electron chi connectivity index (χ1n) is 7.71. The van der Waals surface area contributed by atoms with Gasteiger partial charge in [-0.05, 0) is 52.4 Å². The smallest absolute Gasteiger partial charge is 0.248 e. The number of rotatable bonds is 4. The molecule has 1 N–H and O–H groups in total. The fourth-order valence-electron chi connectivity index (χ4n) is 2.46. The van der Waals surface area contributed by atoms with Crippen LogP contribution in [0.2, 0.25) is 5.02 Å². The van der Waals surface area contributed by atoms with Crippen LogP contribution in [0.1, 0.15) is 5.56 Å². The van der Waals surface area contributed by atoms with Crippen molar-refractivity contribution in [3.05, 3.63) is 59.1 Å². The van der Waals surface area contributed by atoms with Gasteiger partial charge in [-0.25, -0.2) is 9.07 Å². The van der Waals surface area contributed by atoms with Gasteiger partial charge in [-0.3, -0.25) is 4.79 Å². The Labute approximate surface area is 157 Å². The molecule has 1 aliphatic rings. The molecule has 0 aliphatic carbocycles. The minimum absolute atomic E-state index is 0.00127. The molecular weight excluding hydrogens is 377 g/mol. The van der Waals surface area contributed by atoms with E-state index in [0.29, 0.717) is 27.8 Å². The number of tetrazole rings is 1. The van der Waals surface area contributed by atoms with E-state index < -0.39 is 11.7 Å². The zero-order valence-corrected chi connectivity index (χ0v) is 14.4. The topological polar surface area (TPSA) is 91.2 Å². The highest BCUT2D eigenvalue weighted by Crippen LogP contribution is 2.40. The van der Waals surface area contributed by atoms with Gasteiger partial charge >= 0.3 is 0 Å². The average molecular weight is 388 g/mol. The van der Waals surface area contributed by atoms with Gasteiger partial charge in [0.25, 0.3) is 0 Å². The molecule has 27 heavy (non-hydrogen) atoms. The molecule has 0 radical (unpaired) electrons. The number of amides is 1. The molecule has 136 valence electrons. The number of nitrogens with zero attached hydrogens (tertiary/aromatic N) is 4. The van der Waals surface area contributed by atoms with Crippen LogP contribution < -0.4 is 14.8 Å². The third kappa shape index (κ3) is 3.58. The Balaban J connectivity index is 1.51. The molecule has 3 aromatic rings. The van der Waals surface area contributed by atoms with Crippen molar-refractivity contribution in [2.45, 2.75) is 0 Å². The Bertz CT molecular complexity index is 1040. The van der Waals surface area contributed by atoms with Crippen molar-refractivity contribution >= 4 is 29.3 Å². The van der Waals surface area contributed by atoms with Gasteiger partial charge in [0.1, 0.15) is 12.1 Å². The zero-order valence-electron chi connectivity index (χ0n) is 13.6. The number of hydrogen-bond acceptors (Lipinski definition) is 6. The Kier molecular flexibility index (Phi) is 4.43. The molecule has 0 bridgehead atoms. The number of ether oxygens (including phenoxy) is 2. The van der Waals surface area contributed by atoms with E-state index >= 15 is 0 Å². The SMILES string of the molecule is O=C(C=Cc1cc(Cl)c2c(c1)OCO2)Nc1cc(-n2cnnn2)ccc1F. The van der Waals surface area contributed by atoms with E-state index in [9.17, 15) is 9.18 Å². The van der Waals surface area contributed by atoms with Crippen molar-refractivity contribution in [2.75, 3.05) is 12.1 Å². The molecular formula is C17H11ClFN5O3. The lowest BCUT2D eigenvalue weighted by Gasteiger charge is -2.07. The van der Waals surface area contributed by atoms with E-state index in [1.807, 2.05) is 0 Å². The number of nitrogens with one attached hydrogen (secondary N) is 1. The van der Waals surface area contributed by atoms with Gasteiger partial charge in [0.2, 0.25) is 12.7 Å². The molecule has 2 heterocycles. The Morgan fingerprint density at radius 2 is 2.19 bits per heavy atom. The van der Waals surface area contributed by atoms with Crippen LogP contribution in [-0.2, 0) is 4.79 Å².